The molecule has 0 unspecified atom stereocenters. The third-order valence-corrected chi connectivity index (χ3v) is 9.50. The Morgan fingerprint density at radius 2 is 0.868 bits per heavy atom. The first kappa shape index (κ1) is 15.7. The van der Waals surface area contributed by atoms with E-state index in [1.165, 1.54) is 0 Å². The smallest absolute Gasteiger partial charge is 0.143 e. The highest BCUT2D eigenvalue weighted by Gasteiger charge is 2.20. The lowest BCUT2D eigenvalue weighted by molar-refractivity contribution is 0.671. The minimum atomic E-state index is -0.912. The molecule has 0 aliphatic carbocycles. The molecule has 246 valence electrons. The van der Waals surface area contributed by atoms with E-state index in [4.69, 9.17) is 16.8 Å². The van der Waals surface area contributed by atoms with Gasteiger partial charge < -0.3 is 4.42 Å². The lowest BCUT2D eigenvalue weighted by Gasteiger charge is -2.19. The summed E-state index contributed by atoms with van der Waals surface area (Å²) in [6.07, 6.45) is 0. The van der Waals surface area contributed by atoms with Crippen molar-refractivity contribution < 1.29 is 33.2 Å². The highest BCUT2D eigenvalue weighted by molar-refractivity contribution is 6.24. The average molecular weight is 694 g/mol. The van der Waals surface area contributed by atoms with Crippen molar-refractivity contribution in [3.63, 3.8) is 0 Å². The minimum absolute atomic E-state index is 0.137. The van der Waals surface area contributed by atoms with Crippen molar-refractivity contribution in [2.45, 2.75) is 0 Å². The normalized spacial score (nSPS) is 17.3. The Balaban J connectivity index is 1.39. The summed E-state index contributed by atoms with van der Waals surface area (Å²) < 4.78 is 200. The highest BCUT2D eigenvalue weighted by Crippen LogP contribution is 2.47. The molecule has 11 aromatic rings. The molecule has 0 radical (unpaired) electrons. The van der Waals surface area contributed by atoms with Gasteiger partial charge in [-0.2, -0.15) is 0 Å². The largest absolute Gasteiger partial charge is 0.455 e. The number of rotatable bonds is 4. The van der Waals surface area contributed by atoms with Gasteiger partial charge in [-0.15, -0.1) is 0 Å². The van der Waals surface area contributed by atoms with Gasteiger partial charge in [0.1, 0.15) is 11.2 Å². The molecule has 11 rings (SSSR count). The Kier molecular flexibility index (Phi) is 3.50. The van der Waals surface area contributed by atoms with Crippen molar-refractivity contribution in [3.8, 4) is 44.5 Å². The van der Waals surface area contributed by atoms with Gasteiger partial charge in [0.05, 0.1) is 28.8 Å². The van der Waals surface area contributed by atoms with E-state index in [0.717, 1.165) is 11.1 Å². The zero-order valence-electron chi connectivity index (χ0n) is 48.3. The van der Waals surface area contributed by atoms with Crippen molar-refractivity contribution in [1.29, 1.82) is 0 Å². The molecule has 0 amide bonds. The van der Waals surface area contributed by atoms with Crippen molar-refractivity contribution in [2.75, 3.05) is 0 Å². The maximum atomic E-state index is 9.68. The van der Waals surface area contributed by atoms with Gasteiger partial charge in [-0.25, -0.2) is 0 Å². The summed E-state index contributed by atoms with van der Waals surface area (Å²) in [4.78, 5) is 0. The van der Waals surface area contributed by atoms with Crippen molar-refractivity contribution in [2.24, 2.45) is 0 Å². The molecule has 0 spiro atoms. The lowest BCUT2D eigenvalue weighted by Crippen LogP contribution is -1.92. The van der Waals surface area contributed by atoms with E-state index in [1.807, 2.05) is 48.5 Å². The number of hydrogen-bond donors (Lipinski definition) is 0. The molecule has 0 atom stereocenters. The molecule has 0 saturated carbocycles. The number of hydrogen-bond acceptors (Lipinski definition) is 1. The zero-order chi connectivity index (χ0) is 53.2. The van der Waals surface area contributed by atoms with Crippen LogP contribution in [0.1, 0.15) is 28.8 Å². The summed E-state index contributed by atoms with van der Waals surface area (Å²) >= 11 is 0. The second-order valence-corrected chi connectivity index (χ2v) is 12.3. The molecular formula is C52H32O. The van der Waals surface area contributed by atoms with Gasteiger partial charge in [0.15, 0.2) is 0 Å². The van der Waals surface area contributed by atoms with Gasteiger partial charge in [-0.3, -0.25) is 0 Å². The third kappa shape index (κ3) is 4.58. The summed E-state index contributed by atoms with van der Waals surface area (Å²) in [6.45, 7) is 0. The van der Waals surface area contributed by atoms with Gasteiger partial charge in [-0.05, 0) is 82.5 Å². The summed E-state index contributed by atoms with van der Waals surface area (Å²) in [5, 5.41) is -3.19. The monoisotopic (exact) mass is 693 g/mol. The summed E-state index contributed by atoms with van der Waals surface area (Å²) in [6, 6.07) is 2.42. The summed E-state index contributed by atoms with van der Waals surface area (Å²) in [5.74, 6) is 0. The van der Waals surface area contributed by atoms with E-state index < -0.39 is 187 Å². The van der Waals surface area contributed by atoms with E-state index in [9.17, 15) is 16.4 Å². The van der Waals surface area contributed by atoms with Gasteiger partial charge in [-0.1, -0.05) is 188 Å². The Hall–Kier alpha value is -6.96. The second kappa shape index (κ2) is 11.8. The molecule has 0 fully saturated rings. The van der Waals surface area contributed by atoms with E-state index in [-0.39, 0.29) is 22.1 Å². The third-order valence-electron chi connectivity index (χ3n) is 9.50. The van der Waals surface area contributed by atoms with Gasteiger partial charge >= 0.3 is 0 Å². The number of para-hydroxylation sites is 2. The van der Waals surface area contributed by atoms with E-state index in [1.54, 1.807) is 18.2 Å². The van der Waals surface area contributed by atoms with Crippen LogP contribution in [0.3, 0.4) is 0 Å². The highest BCUT2D eigenvalue weighted by atomic mass is 16.3. The molecule has 10 aromatic carbocycles. The first-order valence-corrected chi connectivity index (χ1v) is 16.6. The van der Waals surface area contributed by atoms with Gasteiger partial charge in [0.25, 0.3) is 0 Å². The van der Waals surface area contributed by atoms with Crippen LogP contribution in [0.15, 0.2) is 198 Å². The lowest BCUT2D eigenvalue weighted by atomic mass is 9.84. The predicted octanol–water partition coefficient (Wildman–Crippen LogP) is 14.9. The molecule has 1 aromatic heterocycles. The molecule has 0 saturated heterocycles. The van der Waals surface area contributed by atoms with Gasteiger partial charge in [0, 0.05) is 21.9 Å². The van der Waals surface area contributed by atoms with Crippen LogP contribution in [0.2, 0.25) is 0 Å². The van der Waals surface area contributed by atoms with Crippen LogP contribution in [0.25, 0.3) is 110 Å². The van der Waals surface area contributed by atoms with E-state index >= 15 is 0 Å². The molecule has 1 nitrogen and oxygen atoms in total. The SMILES string of the molecule is [2H]c1c([2H])c([2H])c2c([2H])c(-c3c4c([2H])c([2H])c([2H])c([2H])c4c(-c4c([2H])c([2H])c([2H])c5c(-c6cccc7c6oc6c(-c8ccccc8)cccc67)c([2H])c([2H])c([2H])c45)c4c([2H])c([2H])c([2H])c([2H])c34)c([2H])c([2H])c2c1[2H]. The maximum Gasteiger partial charge on any atom is 0.143 e. The number of furan rings is 1. The van der Waals surface area contributed by atoms with E-state index in [2.05, 4.69) is 0 Å². The number of fused-ring (bicyclic) bond motifs is 7. The topological polar surface area (TPSA) is 13.1 Å². The van der Waals surface area contributed by atoms with Crippen LogP contribution in [0, 0.1) is 0 Å². The molecular weight excluding hydrogens is 641 g/mol. The Bertz CT molecular complexity index is 4350. The second-order valence-electron chi connectivity index (χ2n) is 12.3. The minimum Gasteiger partial charge on any atom is -0.455 e. The van der Waals surface area contributed by atoms with Crippen LogP contribution < -0.4 is 0 Å². The maximum absolute atomic E-state index is 9.68. The predicted molar refractivity (Wildman–Crippen MR) is 225 cm³/mol. The molecule has 1 heterocycles. The molecule has 1 heteroatoms. The van der Waals surface area contributed by atoms with Crippen LogP contribution in [-0.2, 0) is 0 Å². The van der Waals surface area contributed by atoms with Gasteiger partial charge in [0.2, 0.25) is 0 Å². The fourth-order valence-electron chi connectivity index (χ4n) is 7.22. The Labute approximate surface area is 336 Å². The zero-order valence-corrected chi connectivity index (χ0v) is 27.3. The Morgan fingerprint density at radius 1 is 0.321 bits per heavy atom. The quantitative estimate of drug-likeness (QED) is 0.167. The molecule has 0 aliphatic rings. The molecule has 0 N–H and O–H groups in total. The van der Waals surface area contributed by atoms with Crippen molar-refractivity contribution in [3.05, 3.63) is 194 Å². The fourth-order valence-corrected chi connectivity index (χ4v) is 7.22. The number of benzene rings is 10. The summed E-state index contributed by atoms with van der Waals surface area (Å²) in [7, 11) is 0. The van der Waals surface area contributed by atoms with Crippen LogP contribution in [0.4, 0.5) is 0 Å². The van der Waals surface area contributed by atoms with Crippen molar-refractivity contribution in [1.82, 2.24) is 0 Å². The fraction of sp³-hybridized carbons (Fsp3) is 0. The Morgan fingerprint density at radius 3 is 1.57 bits per heavy atom. The molecule has 0 bridgehead atoms. The standard InChI is InChI=1S/C52H32O/c1-2-15-34(16-3-1)37-22-10-28-47-48-29-13-27-46(52(48)53-51(37)47)40-25-11-24-39-38(40)23-12-26-41(39)50-44-20-8-6-18-42(44)49(43-19-7-9-21-45(43)50)36-31-30-33-14-4-5-17-35(33)32-36/h1-32H/i4D,5D,6D,7D,8D,9D,11D,12D,14D,17D,18D,19D,20D,21D,23D,24D,25D,26D,30D,31D,32D. The van der Waals surface area contributed by atoms with Crippen LogP contribution in [0.5, 0.6) is 0 Å². The molecule has 53 heavy (non-hydrogen) atoms. The van der Waals surface area contributed by atoms with Crippen LogP contribution in [-0.4, -0.2) is 0 Å². The van der Waals surface area contributed by atoms with Crippen LogP contribution >= 0.6 is 0 Å². The van der Waals surface area contributed by atoms with Crippen molar-refractivity contribution >= 4 is 65.0 Å². The first-order chi connectivity index (χ1) is 35.1. The molecule has 0 aliphatic heterocycles. The first-order valence-electron chi connectivity index (χ1n) is 27.1. The average Bonchev–Trinajstić information content (AvgIpc) is 3.79. The summed E-state index contributed by atoms with van der Waals surface area (Å²) in [5.41, 5.74) is -0.362. The van der Waals surface area contributed by atoms with E-state index in [0.29, 0.717) is 16.4 Å².